The molecule has 5 nitrogen and oxygen atoms in total. The first-order valence-corrected chi connectivity index (χ1v) is 7.27. The standard InChI is InChI=1S/C12H15NO4S/c1-2-17-12(14)10-4-6-11(7-5-10)18(15,16)13-8-3-9-13/h4-7H,2-3,8-9H2,1H3. The molecule has 0 spiro atoms. The van der Waals surface area contributed by atoms with Crippen LogP contribution < -0.4 is 0 Å². The van der Waals surface area contributed by atoms with E-state index < -0.39 is 16.0 Å². The summed E-state index contributed by atoms with van der Waals surface area (Å²) in [7, 11) is -3.38. The van der Waals surface area contributed by atoms with E-state index >= 15 is 0 Å². The zero-order valence-corrected chi connectivity index (χ0v) is 10.9. The molecule has 0 saturated carbocycles. The van der Waals surface area contributed by atoms with Crippen LogP contribution in [0, 0.1) is 0 Å². The van der Waals surface area contributed by atoms with Gasteiger partial charge in [-0.3, -0.25) is 0 Å². The molecule has 1 aromatic carbocycles. The number of nitrogens with zero attached hydrogens (tertiary/aromatic N) is 1. The van der Waals surface area contributed by atoms with Crippen molar-refractivity contribution in [2.24, 2.45) is 0 Å². The maximum atomic E-state index is 12.0. The molecule has 0 radical (unpaired) electrons. The number of carbonyl (C=O) groups is 1. The number of hydrogen-bond donors (Lipinski definition) is 0. The second-order valence-electron chi connectivity index (χ2n) is 4.00. The highest BCUT2D eigenvalue weighted by Crippen LogP contribution is 2.21. The fraction of sp³-hybridized carbons (Fsp3) is 0.417. The van der Waals surface area contributed by atoms with E-state index in [1.807, 2.05) is 0 Å². The summed E-state index contributed by atoms with van der Waals surface area (Å²) in [6.07, 6.45) is 0.903. The molecule has 6 heteroatoms. The molecular formula is C12H15NO4S. The molecule has 0 aromatic heterocycles. The second kappa shape index (κ2) is 5.07. The fourth-order valence-electron chi connectivity index (χ4n) is 1.65. The quantitative estimate of drug-likeness (QED) is 0.772. The summed E-state index contributed by atoms with van der Waals surface area (Å²) < 4.78 is 30.3. The number of esters is 1. The van der Waals surface area contributed by atoms with Crippen LogP contribution in [0.2, 0.25) is 0 Å². The summed E-state index contributed by atoms with van der Waals surface area (Å²) in [5.74, 6) is -0.439. The van der Waals surface area contributed by atoms with Gasteiger partial charge in [-0.1, -0.05) is 0 Å². The molecule has 0 bridgehead atoms. The van der Waals surface area contributed by atoms with Crippen LogP contribution in [0.1, 0.15) is 23.7 Å². The summed E-state index contributed by atoms with van der Waals surface area (Å²) in [5.41, 5.74) is 0.361. The van der Waals surface area contributed by atoms with Crippen LogP contribution in [-0.4, -0.2) is 38.4 Å². The topological polar surface area (TPSA) is 63.7 Å². The molecule has 18 heavy (non-hydrogen) atoms. The molecule has 1 aliphatic rings. The normalized spacial score (nSPS) is 16.1. The van der Waals surface area contributed by atoms with Gasteiger partial charge in [-0.2, -0.15) is 4.31 Å². The lowest BCUT2D eigenvalue weighted by molar-refractivity contribution is 0.0526. The van der Waals surface area contributed by atoms with Gasteiger partial charge in [-0.05, 0) is 37.6 Å². The summed E-state index contributed by atoms with van der Waals surface area (Å²) in [5, 5.41) is 0. The number of benzene rings is 1. The van der Waals surface area contributed by atoms with Crippen LogP contribution in [0.25, 0.3) is 0 Å². The van der Waals surface area contributed by atoms with Crippen LogP contribution in [0.5, 0.6) is 0 Å². The SMILES string of the molecule is CCOC(=O)c1ccc(S(=O)(=O)N2CCC2)cc1. The Morgan fingerprint density at radius 1 is 1.28 bits per heavy atom. The van der Waals surface area contributed by atoms with Crippen LogP contribution >= 0.6 is 0 Å². The predicted octanol–water partition coefficient (Wildman–Crippen LogP) is 1.26. The number of carbonyl (C=O) groups excluding carboxylic acids is 1. The zero-order valence-electron chi connectivity index (χ0n) is 10.1. The van der Waals surface area contributed by atoms with E-state index in [1.165, 1.54) is 28.6 Å². The summed E-state index contributed by atoms with van der Waals surface area (Å²) in [6.45, 7) is 3.16. The maximum absolute atomic E-state index is 12.0. The van der Waals surface area contributed by atoms with Gasteiger partial charge in [-0.25, -0.2) is 13.2 Å². The Morgan fingerprint density at radius 3 is 2.33 bits per heavy atom. The van der Waals surface area contributed by atoms with Crippen molar-refractivity contribution in [3.63, 3.8) is 0 Å². The van der Waals surface area contributed by atoms with Gasteiger partial charge < -0.3 is 4.74 Å². The Hall–Kier alpha value is -1.40. The van der Waals surface area contributed by atoms with E-state index in [9.17, 15) is 13.2 Å². The first kappa shape index (κ1) is 13.0. The Kier molecular flexibility index (Phi) is 3.68. The molecule has 0 atom stereocenters. The van der Waals surface area contributed by atoms with Gasteiger partial charge in [0.25, 0.3) is 0 Å². The number of hydrogen-bond acceptors (Lipinski definition) is 4. The van der Waals surface area contributed by atoms with Crippen molar-refractivity contribution in [3.8, 4) is 0 Å². The van der Waals surface area contributed by atoms with E-state index in [0.717, 1.165) is 6.42 Å². The third-order valence-corrected chi connectivity index (χ3v) is 4.73. The Morgan fingerprint density at radius 2 is 1.89 bits per heavy atom. The molecule has 1 aromatic rings. The molecule has 0 N–H and O–H groups in total. The van der Waals surface area contributed by atoms with Crippen LogP contribution in [0.15, 0.2) is 29.2 Å². The number of rotatable bonds is 4. The maximum Gasteiger partial charge on any atom is 0.338 e. The lowest BCUT2D eigenvalue weighted by Gasteiger charge is -2.29. The van der Waals surface area contributed by atoms with Gasteiger partial charge in [0.1, 0.15) is 0 Å². The predicted molar refractivity (Wildman–Crippen MR) is 65.8 cm³/mol. The number of sulfonamides is 1. The molecule has 0 unspecified atom stereocenters. The van der Waals surface area contributed by atoms with Crippen LogP contribution in [-0.2, 0) is 14.8 Å². The summed E-state index contributed by atoms with van der Waals surface area (Å²) in [4.78, 5) is 11.6. The summed E-state index contributed by atoms with van der Waals surface area (Å²) >= 11 is 0. The van der Waals surface area contributed by atoms with Gasteiger partial charge in [0.05, 0.1) is 17.1 Å². The first-order valence-electron chi connectivity index (χ1n) is 5.83. The van der Waals surface area contributed by atoms with E-state index in [1.54, 1.807) is 6.92 Å². The number of ether oxygens (including phenoxy) is 1. The largest absolute Gasteiger partial charge is 0.462 e. The molecule has 1 fully saturated rings. The molecule has 2 rings (SSSR count). The highest BCUT2D eigenvalue weighted by atomic mass is 32.2. The average molecular weight is 269 g/mol. The summed E-state index contributed by atoms with van der Waals surface area (Å²) in [6, 6.07) is 5.84. The van der Waals surface area contributed by atoms with Crippen molar-refractivity contribution in [2.75, 3.05) is 19.7 Å². The average Bonchev–Trinajstić information content (AvgIpc) is 2.26. The lowest BCUT2D eigenvalue weighted by Crippen LogP contribution is -2.41. The fourth-order valence-corrected chi connectivity index (χ4v) is 3.17. The van der Waals surface area contributed by atoms with E-state index in [-0.39, 0.29) is 4.90 Å². The smallest absolute Gasteiger partial charge is 0.338 e. The van der Waals surface area contributed by atoms with Crippen molar-refractivity contribution in [1.82, 2.24) is 4.31 Å². The highest BCUT2D eigenvalue weighted by Gasteiger charge is 2.29. The second-order valence-corrected chi connectivity index (χ2v) is 5.94. The zero-order chi connectivity index (χ0) is 13.2. The third-order valence-electron chi connectivity index (χ3n) is 2.82. The van der Waals surface area contributed by atoms with Crippen molar-refractivity contribution in [1.29, 1.82) is 0 Å². The molecule has 0 amide bonds. The minimum atomic E-state index is -3.38. The molecule has 1 saturated heterocycles. The molecule has 1 aliphatic heterocycles. The van der Waals surface area contributed by atoms with Crippen LogP contribution in [0.3, 0.4) is 0 Å². The van der Waals surface area contributed by atoms with Crippen molar-refractivity contribution in [3.05, 3.63) is 29.8 Å². The van der Waals surface area contributed by atoms with Gasteiger partial charge in [-0.15, -0.1) is 0 Å². The Bertz CT molecular complexity index is 532. The molecule has 98 valence electrons. The third kappa shape index (κ3) is 2.39. The van der Waals surface area contributed by atoms with Crippen molar-refractivity contribution in [2.45, 2.75) is 18.2 Å². The molecule has 1 heterocycles. The molecular weight excluding hydrogens is 254 g/mol. The van der Waals surface area contributed by atoms with E-state index in [2.05, 4.69) is 0 Å². The van der Waals surface area contributed by atoms with Gasteiger partial charge in [0, 0.05) is 13.1 Å². The van der Waals surface area contributed by atoms with Crippen molar-refractivity contribution < 1.29 is 17.9 Å². The Balaban J connectivity index is 2.19. The minimum Gasteiger partial charge on any atom is -0.462 e. The minimum absolute atomic E-state index is 0.218. The van der Waals surface area contributed by atoms with Crippen molar-refractivity contribution >= 4 is 16.0 Å². The highest BCUT2D eigenvalue weighted by molar-refractivity contribution is 7.89. The van der Waals surface area contributed by atoms with E-state index in [4.69, 9.17) is 4.74 Å². The van der Waals surface area contributed by atoms with Gasteiger partial charge in [0.15, 0.2) is 0 Å². The molecule has 0 aliphatic carbocycles. The van der Waals surface area contributed by atoms with E-state index in [0.29, 0.717) is 25.3 Å². The Labute approximate surface area is 106 Å². The van der Waals surface area contributed by atoms with Gasteiger partial charge >= 0.3 is 5.97 Å². The first-order chi connectivity index (χ1) is 8.55. The monoisotopic (exact) mass is 269 g/mol. The van der Waals surface area contributed by atoms with Gasteiger partial charge in [0.2, 0.25) is 10.0 Å². The van der Waals surface area contributed by atoms with Crippen LogP contribution in [0.4, 0.5) is 0 Å². The lowest BCUT2D eigenvalue weighted by atomic mass is 10.2.